The minimum absolute atomic E-state index is 0.147. The van der Waals surface area contributed by atoms with Crippen LogP contribution in [-0.4, -0.2) is 58.8 Å². The third-order valence-electron chi connectivity index (χ3n) is 7.53. The summed E-state index contributed by atoms with van der Waals surface area (Å²) < 4.78 is 5.66. The number of Topliss-reactive ketones (excluding diaryl/α,β-unsaturated/α-hetero) is 1. The lowest BCUT2D eigenvalue weighted by Crippen LogP contribution is -2.49. The zero-order valence-electron chi connectivity index (χ0n) is 18.8. The number of hydrogen-bond acceptors (Lipinski definition) is 7. The third-order valence-corrected chi connectivity index (χ3v) is 7.53. The highest BCUT2D eigenvalue weighted by molar-refractivity contribution is 6.14. The van der Waals surface area contributed by atoms with E-state index in [1.54, 1.807) is 0 Å². The number of fused-ring (bicyclic) bond motifs is 5. The highest BCUT2D eigenvalue weighted by Gasteiger charge is 2.64. The molecular formula is C26H23N3O6. The normalized spacial score (nSPS) is 28.7. The van der Waals surface area contributed by atoms with Gasteiger partial charge in [0.05, 0.1) is 35.4 Å². The molecule has 178 valence electrons. The first-order valence-corrected chi connectivity index (χ1v) is 11.8. The molecule has 0 aliphatic carbocycles. The van der Waals surface area contributed by atoms with Gasteiger partial charge in [-0.05, 0) is 24.5 Å². The first-order chi connectivity index (χ1) is 17.0. The second kappa shape index (κ2) is 8.13. The van der Waals surface area contributed by atoms with Crippen LogP contribution in [0.1, 0.15) is 28.8 Å². The lowest BCUT2D eigenvalue weighted by molar-refractivity contribution is -0.384. The molecule has 0 spiro atoms. The molecule has 35 heavy (non-hydrogen) atoms. The van der Waals surface area contributed by atoms with Crippen molar-refractivity contribution in [3.63, 3.8) is 0 Å². The summed E-state index contributed by atoms with van der Waals surface area (Å²) in [5.74, 6) is -2.66. The molecule has 4 aliphatic heterocycles. The number of benzene rings is 2. The Morgan fingerprint density at radius 3 is 2.66 bits per heavy atom. The smallest absolute Gasteiger partial charge is 0.270 e. The van der Waals surface area contributed by atoms with E-state index in [9.17, 15) is 24.5 Å². The second-order valence-corrected chi connectivity index (χ2v) is 9.41. The number of imide groups is 1. The van der Waals surface area contributed by atoms with E-state index in [1.807, 2.05) is 41.3 Å². The van der Waals surface area contributed by atoms with E-state index >= 15 is 0 Å². The van der Waals surface area contributed by atoms with Crippen LogP contribution >= 0.6 is 0 Å². The molecule has 2 amide bonds. The number of non-ortho nitro benzene ring substituents is 1. The maximum absolute atomic E-state index is 13.9. The average Bonchev–Trinajstić information content (AvgIpc) is 3.57. The molecule has 3 fully saturated rings. The Hall–Kier alpha value is -3.85. The van der Waals surface area contributed by atoms with Gasteiger partial charge in [-0.25, -0.2) is 0 Å². The summed E-state index contributed by atoms with van der Waals surface area (Å²) in [6.45, 7) is 0.799. The van der Waals surface area contributed by atoms with E-state index in [4.69, 9.17) is 4.74 Å². The summed E-state index contributed by atoms with van der Waals surface area (Å²) in [5.41, 5.74) is 1.60. The Morgan fingerprint density at radius 1 is 1.09 bits per heavy atom. The Balaban J connectivity index is 1.44. The molecule has 9 heteroatoms. The van der Waals surface area contributed by atoms with Crippen LogP contribution in [0, 0.1) is 22.0 Å². The van der Waals surface area contributed by atoms with Crippen molar-refractivity contribution in [3.05, 3.63) is 75.8 Å². The van der Waals surface area contributed by atoms with E-state index in [1.165, 1.54) is 29.2 Å². The van der Waals surface area contributed by atoms with Crippen molar-refractivity contribution in [2.45, 2.75) is 31.0 Å². The predicted molar refractivity (Wildman–Crippen MR) is 126 cm³/mol. The minimum Gasteiger partial charge on any atom is -0.376 e. The van der Waals surface area contributed by atoms with Crippen LogP contribution in [-0.2, 0) is 14.3 Å². The SMILES string of the molecule is O=C(c1cccc([N+](=O)[O-])c1)[C@@H]1[C@H]2C(=O)N(C[C@@H]3CCCO3)C(=O)[C@@H]2[C@@H]2C=Cc3ccccc3N12. The minimum atomic E-state index is -0.955. The van der Waals surface area contributed by atoms with Gasteiger partial charge in [-0.2, -0.15) is 0 Å². The van der Waals surface area contributed by atoms with Crippen molar-refractivity contribution in [1.29, 1.82) is 0 Å². The molecule has 4 aliphatic rings. The van der Waals surface area contributed by atoms with Gasteiger partial charge in [-0.1, -0.05) is 42.5 Å². The maximum Gasteiger partial charge on any atom is 0.270 e. The number of amides is 2. The van der Waals surface area contributed by atoms with Crippen LogP contribution in [0.25, 0.3) is 6.08 Å². The monoisotopic (exact) mass is 473 g/mol. The van der Waals surface area contributed by atoms with E-state index in [-0.39, 0.29) is 35.7 Å². The van der Waals surface area contributed by atoms with E-state index in [0.29, 0.717) is 6.61 Å². The van der Waals surface area contributed by atoms with Crippen molar-refractivity contribution in [3.8, 4) is 0 Å². The number of hydrogen-bond donors (Lipinski definition) is 0. The number of para-hydroxylation sites is 1. The Labute approximate surface area is 201 Å². The molecule has 0 radical (unpaired) electrons. The second-order valence-electron chi connectivity index (χ2n) is 9.41. The predicted octanol–water partition coefficient (Wildman–Crippen LogP) is 2.84. The Kier molecular flexibility index (Phi) is 5.03. The number of likely N-dealkylation sites (tertiary alicyclic amines) is 1. The van der Waals surface area contributed by atoms with Crippen LogP contribution < -0.4 is 4.90 Å². The van der Waals surface area contributed by atoms with Gasteiger partial charge in [0.25, 0.3) is 5.69 Å². The maximum atomic E-state index is 13.9. The molecule has 0 bridgehead atoms. The Morgan fingerprint density at radius 2 is 1.89 bits per heavy atom. The van der Waals surface area contributed by atoms with Gasteiger partial charge in [0.2, 0.25) is 11.8 Å². The fourth-order valence-corrected chi connectivity index (χ4v) is 5.99. The average molecular weight is 473 g/mol. The van der Waals surface area contributed by atoms with Crippen molar-refractivity contribution in [1.82, 2.24) is 4.90 Å². The van der Waals surface area contributed by atoms with Gasteiger partial charge in [-0.3, -0.25) is 29.4 Å². The summed E-state index contributed by atoms with van der Waals surface area (Å²) in [7, 11) is 0. The van der Waals surface area contributed by atoms with Crippen LogP contribution in [0.4, 0.5) is 11.4 Å². The zero-order chi connectivity index (χ0) is 24.3. The number of nitrogens with zero attached hydrogens (tertiary/aromatic N) is 3. The first-order valence-electron chi connectivity index (χ1n) is 11.8. The number of nitro benzene ring substituents is 1. The highest BCUT2D eigenvalue weighted by Crippen LogP contribution is 2.49. The van der Waals surface area contributed by atoms with Gasteiger partial charge in [0.15, 0.2) is 5.78 Å². The quantitative estimate of drug-likeness (QED) is 0.284. The number of carbonyl (C=O) groups is 3. The molecule has 5 atom stereocenters. The summed E-state index contributed by atoms with van der Waals surface area (Å²) >= 11 is 0. The molecule has 0 N–H and O–H groups in total. The van der Waals surface area contributed by atoms with Gasteiger partial charge >= 0.3 is 0 Å². The van der Waals surface area contributed by atoms with E-state index in [0.717, 1.165) is 24.1 Å². The fraction of sp³-hybridized carbons (Fsp3) is 0.346. The summed E-state index contributed by atoms with van der Waals surface area (Å²) in [6, 6.07) is 11.7. The molecule has 2 aromatic rings. The number of ether oxygens (including phenoxy) is 1. The topological polar surface area (TPSA) is 110 Å². The molecular weight excluding hydrogens is 450 g/mol. The van der Waals surface area contributed by atoms with E-state index < -0.39 is 34.6 Å². The number of carbonyl (C=O) groups excluding carboxylic acids is 3. The van der Waals surface area contributed by atoms with Crippen LogP contribution in [0.15, 0.2) is 54.6 Å². The van der Waals surface area contributed by atoms with Crippen LogP contribution in [0.2, 0.25) is 0 Å². The molecule has 9 nitrogen and oxygen atoms in total. The number of rotatable bonds is 5. The molecule has 0 aromatic heterocycles. The summed E-state index contributed by atoms with van der Waals surface area (Å²) in [4.78, 5) is 55.1. The van der Waals surface area contributed by atoms with E-state index in [2.05, 4.69) is 0 Å². The summed E-state index contributed by atoms with van der Waals surface area (Å²) in [6.07, 6.45) is 5.30. The molecule has 2 aromatic carbocycles. The van der Waals surface area contributed by atoms with Crippen LogP contribution in [0.5, 0.6) is 0 Å². The fourth-order valence-electron chi connectivity index (χ4n) is 5.99. The third kappa shape index (κ3) is 3.30. The lowest BCUT2D eigenvalue weighted by atomic mass is 9.86. The Bertz CT molecular complexity index is 1280. The molecule has 0 unspecified atom stereocenters. The van der Waals surface area contributed by atoms with Crippen molar-refractivity contribution >= 4 is 35.0 Å². The van der Waals surface area contributed by atoms with Gasteiger partial charge in [-0.15, -0.1) is 0 Å². The number of nitro groups is 1. The molecule has 3 saturated heterocycles. The zero-order valence-corrected chi connectivity index (χ0v) is 18.8. The number of anilines is 1. The molecule has 6 rings (SSSR count). The highest BCUT2D eigenvalue weighted by atomic mass is 16.6. The summed E-state index contributed by atoms with van der Waals surface area (Å²) in [5, 5.41) is 11.3. The number of ketones is 1. The van der Waals surface area contributed by atoms with Gasteiger partial charge in [0, 0.05) is 30.0 Å². The van der Waals surface area contributed by atoms with Gasteiger partial charge in [0.1, 0.15) is 6.04 Å². The molecule has 4 heterocycles. The standard InChI is InChI=1S/C26H23N3O6/c30-24(16-6-3-7-17(13-16)29(33)34)23-22-21(20-11-10-15-5-1-2-9-19(15)28(20)23)25(31)27(26(22)32)14-18-8-4-12-35-18/h1-3,5-7,9-11,13,18,20-23H,4,8,12,14H2/t18-,20-,21+,22-,23-/m0/s1. The largest absolute Gasteiger partial charge is 0.376 e. The first kappa shape index (κ1) is 21.7. The lowest BCUT2D eigenvalue weighted by Gasteiger charge is -2.36. The van der Waals surface area contributed by atoms with Crippen LogP contribution in [0.3, 0.4) is 0 Å². The van der Waals surface area contributed by atoms with Crippen molar-refractivity contribution in [2.75, 3.05) is 18.1 Å². The van der Waals surface area contributed by atoms with Crippen molar-refractivity contribution in [2.24, 2.45) is 11.8 Å². The molecule has 0 saturated carbocycles. The van der Waals surface area contributed by atoms with Gasteiger partial charge < -0.3 is 9.64 Å². The van der Waals surface area contributed by atoms with Crippen molar-refractivity contribution < 1.29 is 24.0 Å².